The van der Waals surface area contributed by atoms with Gasteiger partial charge in [-0.15, -0.1) is 6.58 Å². The van der Waals surface area contributed by atoms with E-state index < -0.39 is 0 Å². The average molecular weight is 248 g/mol. The summed E-state index contributed by atoms with van der Waals surface area (Å²) >= 11 is 0. The number of carbonyl (C=O) groups is 1. The molecule has 0 bridgehead atoms. The van der Waals surface area contributed by atoms with Gasteiger partial charge in [0.1, 0.15) is 5.69 Å². The van der Waals surface area contributed by atoms with Gasteiger partial charge in [-0.25, -0.2) is 0 Å². The summed E-state index contributed by atoms with van der Waals surface area (Å²) in [6.07, 6.45) is 5.88. The van der Waals surface area contributed by atoms with E-state index >= 15 is 0 Å². The molecule has 1 aromatic rings. The number of nitrogens with zero attached hydrogens (tertiary/aromatic N) is 3. The van der Waals surface area contributed by atoms with Gasteiger partial charge in [-0.05, 0) is 25.5 Å². The van der Waals surface area contributed by atoms with Gasteiger partial charge >= 0.3 is 0 Å². The van der Waals surface area contributed by atoms with Crippen molar-refractivity contribution in [1.29, 1.82) is 0 Å². The zero-order valence-corrected chi connectivity index (χ0v) is 10.8. The maximum absolute atomic E-state index is 12.0. The molecule has 1 N–H and O–H groups in total. The van der Waals surface area contributed by atoms with Gasteiger partial charge in [0.25, 0.3) is 5.91 Å². The van der Waals surface area contributed by atoms with Crippen LogP contribution in [-0.4, -0.2) is 47.3 Å². The van der Waals surface area contributed by atoms with Gasteiger partial charge in [-0.3, -0.25) is 9.48 Å². The fourth-order valence-electron chi connectivity index (χ4n) is 2.19. The summed E-state index contributed by atoms with van der Waals surface area (Å²) in [5.41, 5.74) is 0.505. The van der Waals surface area contributed by atoms with E-state index in [0.717, 1.165) is 25.9 Å². The summed E-state index contributed by atoms with van der Waals surface area (Å²) in [4.78, 5) is 13.6. The summed E-state index contributed by atoms with van der Waals surface area (Å²) in [6, 6.07) is 2.15. The van der Waals surface area contributed by atoms with Crippen molar-refractivity contribution in [2.45, 2.75) is 18.9 Å². The van der Waals surface area contributed by atoms with Crippen molar-refractivity contribution in [2.75, 3.05) is 26.7 Å². The first-order valence-electron chi connectivity index (χ1n) is 6.34. The monoisotopic (exact) mass is 248 g/mol. The Balaban J connectivity index is 2.04. The molecule has 0 saturated carbocycles. The van der Waals surface area contributed by atoms with Crippen molar-refractivity contribution in [3.8, 4) is 0 Å². The highest BCUT2D eigenvalue weighted by Crippen LogP contribution is 2.16. The Morgan fingerprint density at radius 2 is 2.61 bits per heavy atom. The number of rotatable bonds is 4. The van der Waals surface area contributed by atoms with Crippen molar-refractivity contribution in [1.82, 2.24) is 20.0 Å². The molecule has 2 heterocycles. The fourth-order valence-corrected chi connectivity index (χ4v) is 2.19. The van der Waals surface area contributed by atoms with Gasteiger partial charge in [0.15, 0.2) is 0 Å². The lowest BCUT2D eigenvalue weighted by Crippen LogP contribution is -2.32. The molecule has 1 amide bonds. The lowest BCUT2D eigenvalue weighted by atomic mass is 10.1. The van der Waals surface area contributed by atoms with Crippen LogP contribution in [0.2, 0.25) is 0 Å². The van der Waals surface area contributed by atoms with E-state index in [1.54, 1.807) is 24.1 Å². The smallest absolute Gasteiger partial charge is 0.274 e. The molecular weight excluding hydrogens is 228 g/mol. The molecule has 1 aliphatic heterocycles. The average Bonchev–Trinajstić information content (AvgIpc) is 2.89. The largest absolute Gasteiger partial charge is 0.337 e. The molecule has 5 nitrogen and oxygen atoms in total. The number of carbonyl (C=O) groups excluding carboxylic acids is 1. The van der Waals surface area contributed by atoms with Crippen molar-refractivity contribution >= 4 is 5.91 Å². The van der Waals surface area contributed by atoms with Gasteiger partial charge < -0.3 is 10.2 Å². The molecule has 5 heteroatoms. The molecule has 2 rings (SSSR count). The third-order valence-corrected chi connectivity index (χ3v) is 3.22. The van der Waals surface area contributed by atoms with E-state index in [0.29, 0.717) is 18.3 Å². The van der Waals surface area contributed by atoms with Crippen LogP contribution in [0.4, 0.5) is 0 Å². The third kappa shape index (κ3) is 2.79. The zero-order valence-electron chi connectivity index (χ0n) is 10.8. The lowest BCUT2D eigenvalue weighted by Gasteiger charge is -2.23. The summed E-state index contributed by atoms with van der Waals surface area (Å²) < 4.78 is 1.90. The first kappa shape index (κ1) is 12.8. The first-order chi connectivity index (χ1) is 8.72. The number of amides is 1. The number of nitrogens with one attached hydrogen (secondary N) is 1. The van der Waals surface area contributed by atoms with Gasteiger partial charge in [-0.2, -0.15) is 5.10 Å². The van der Waals surface area contributed by atoms with Gasteiger partial charge in [0.2, 0.25) is 0 Å². The second-order valence-corrected chi connectivity index (χ2v) is 4.66. The van der Waals surface area contributed by atoms with Crippen LogP contribution in [0, 0.1) is 0 Å². The Morgan fingerprint density at radius 3 is 3.28 bits per heavy atom. The van der Waals surface area contributed by atoms with Crippen molar-refractivity contribution in [2.24, 2.45) is 0 Å². The van der Waals surface area contributed by atoms with Crippen LogP contribution in [0.5, 0.6) is 0 Å². The number of hydrogen-bond acceptors (Lipinski definition) is 3. The van der Waals surface area contributed by atoms with E-state index in [4.69, 9.17) is 0 Å². The molecule has 98 valence electrons. The third-order valence-electron chi connectivity index (χ3n) is 3.22. The maximum atomic E-state index is 12.0. The molecule has 1 saturated heterocycles. The molecule has 1 aliphatic rings. The van der Waals surface area contributed by atoms with Crippen molar-refractivity contribution in [3.05, 3.63) is 30.6 Å². The van der Waals surface area contributed by atoms with Crippen molar-refractivity contribution < 1.29 is 4.79 Å². The lowest BCUT2D eigenvalue weighted by molar-refractivity contribution is 0.0803. The summed E-state index contributed by atoms with van der Waals surface area (Å²) in [6.45, 7) is 6.17. The standard InChI is InChI=1S/C13H20N4O/c1-3-8-16(2)13(18)12-6-9-17(15-12)11-5-4-7-14-10-11/h3,6,9,11,14H,1,4-5,7-8,10H2,2H3/t11-/m1/s1. The van der Waals surface area contributed by atoms with Crippen molar-refractivity contribution in [3.63, 3.8) is 0 Å². The van der Waals surface area contributed by atoms with Gasteiger partial charge in [0.05, 0.1) is 6.04 Å². The van der Waals surface area contributed by atoms with E-state index in [1.807, 2.05) is 10.9 Å². The van der Waals surface area contributed by atoms with Crippen LogP contribution in [0.15, 0.2) is 24.9 Å². The molecule has 1 atom stereocenters. The predicted molar refractivity (Wildman–Crippen MR) is 70.5 cm³/mol. The number of piperidine rings is 1. The van der Waals surface area contributed by atoms with Crippen LogP contribution in [0.25, 0.3) is 0 Å². The van der Waals surface area contributed by atoms with Gasteiger partial charge in [-0.1, -0.05) is 6.08 Å². The molecule has 0 aromatic carbocycles. The van der Waals surface area contributed by atoms with E-state index in [2.05, 4.69) is 17.0 Å². The van der Waals surface area contributed by atoms with E-state index in [1.165, 1.54) is 0 Å². The Hall–Kier alpha value is -1.62. The van der Waals surface area contributed by atoms with E-state index in [-0.39, 0.29) is 5.91 Å². The summed E-state index contributed by atoms with van der Waals surface area (Å²) in [5.74, 6) is -0.0579. The second kappa shape index (κ2) is 5.82. The Bertz CT molecular complexity index is 420. The maximum Gasteiger partial charge on any atom is 0.274 e. The van der Waals surface area contributed by atoms with Crippen LogP contribution in [-0.2, 0) is 0 Å². The Morgan fingerprint density at radius 1 is 1.78 bits per heavy atom. The molecule has 0 spiro atoms. The summed E-state index contributed by atoms with van der Waals surface area (Å²) in [7, 11) is 1.76. The van der Waals surface area contributed by atoms with Crippen LogP contribution in [0.1, 0.15) is 29.4 Å². The Labute approximate surface area is 107 Å². The molecule has 1 aromatic heterocycles. The minimum Gasteiger partial charge on any atom is -0.337 e. The molecule has 0 radical (unpaired) electrons. The topological polar surface area (TPSA) is 50.2 Å². The number of hydrogen-bond donors (Lipinski definition) is 1. The highest BCUT2D eigenvalue weighted by atomic mass is 16.2. The number of likely N-dealkylation sites (N-methyl/N-ethyl adjacent to an activating group) is 1. The number of aromatic nitrogens is 2. The molecule has 0 unspecified atom stereocenters. The van der Waals surface area contributed by atoms with Crippen LogP contribution < -0.4 is 5.32 Å². The molecule has 0 aliphatic carbocycles. The molecule has 1 fully saturated rings. The van der Waals surface area contributed by atoms with Crippen LogP contribution >= 0.6 is 0 Å². The highest BCUT2D eigenvalue weighted by molar-refractivity contribution is 5.92. The Kier molecular flexibility index (Phi) is 4.15. The minimum atomic E-state index is -0.0579. The minimum absolute atomic E-state index is 0.0579. The molecule has 18 heavy (non-hydrogen) atoms. The zero-order chi connectivity index (χ0) is 13.0. The summed E-state index contributed by atoms with van der Waals surface area (Å²) in [5, 5.41) is 7.73. The highest BCUT2D eigenvalue weighted by Gasteiger charge is 2.18. The predicted octanol–water partition coefficient (Wildman–Crippen LogP) is 1.07. The van der Waals surface area contributed by atoms with Gasteiger partial charge in [0, 0.05) is 26.3 Å². The second-order valence-electron chi connectivity index (χ2n) is 4.66. The normalized spacial score (nSPS) is 19.5. The SMILES string of the molecule is C=CCN(C)C(=O)c1ccn([C@@H]2CCCNC2)n1. The fraction of sp³-hybridized carbons (Fsp3) is 0.538. The quantitative estimate of drug-likeness (QED) is 0.811. The van der Waals surface area contributed by atoms with E-state index in [9.17, 15) is 4.79 Å². The van der Waals surface area contributed by atoms with Crippen LogP contribution in [0.3, 0.4) is 0 Å². The first-order valence-corrected chi connectivity index (χ1v) is 6.34. The molecular formula is C13H20N4O.